The number of rotatable bonds is 4. The number of carbonyl (C=O) groups excluding carboxylic acids is 1. The predicted molar refractivity (Wildman–Crippen MR) is 87.0 cm³/mol. The lowest BCUT2D eigenvalue weighted by molar-refractivity contribution is 0.0955. The molecule has 22 heavy (non-hydrogen) atoms. The molecule has 0 aliphatic carbocycles. The number of amides is 1. The molecule has 3 aromatic rings. The first kappa shape index (κ1) is 14.0. The number of benzene rings is 1. The van der Waals surface area contributed by atoms with Gasteiger partial charge in [-0.05, 0) is 24.1 Å². The van der Waals surface area contributed by atoms with Gasteiger partial charge in [-0.2, -0.15) is 5.10 Å². The number of aromatic amines is 1. The molecule has 3 rings (SSSR count). The molecule has 2 N–H and O–H groups in total. The topological polar surface area (TPSA) is 70.1 Å². The summed E-state index contributed by atoms with van der Waals surface area (Å²) in [6, 6.07) is 9.46. The minimum absolute atomic E-state index is 0.257. The van der Waals surface area contributed by atoms with Gasteiger partial charge >= 0.3 is 0 Å². The summed E-state index contributed by atoms with van der Waals surface area (Å²) in [5.41, 5.74) is 6.37. The number of H-pyrrole nitrogens is 1. The second-order valence-electron chi connectivity index (χ2n) is 4.87. The maximum absolute atomic E-state index is 11.9. The zero-order chi connectivity index (χ0) is 15.4. The van der Waals surface area contributed by atoms with Crippen LogP contribution in [0.1, 0.15) is 28.4 Å². The molecule has 110 valence electrons. The van der Waals surface area contributed by atoms with E-state index >= 15 is 0 Å². The summed E-state index contributed by atoms with van der Waals surface area (Å²) in [4.78, 5) is 19.0. The van der Waals surface area contributed by atoms with Crippen LogP contribution in [0.4, 0.5) is 0 Å². The Hall–Kier alpha value is -2.95. The van der Waals surface area contributed by atoms with Gasteiger partial charge in [0.05, 0.1) is 6.21 Å². The molecule has 1 aromatic carbocycles. The van der Waals surface area contributed by atoms with Crippen LogP contribution < -0.4 is 5.43 Å². The Morgan fingerprint density at radius 2 is 2.14 bits per heavy atom. The van der Waals surface area contributed by atoms with E-state index in [1.807, 2.05) is 18.3 Å². The van der Waals surface area contributed by atoms with E-state index in [0.29, 0.717) is 5.56 Å². The quantitative estimate of drug-likeness (QED) is 0.573. The Labute approximate surface area is 128 Å². The van der Waals surface area contributed by atoms with Gasteiger partial charge in [-0.25, -0.2) is 5.43 Å². The van der Waals surface area contributed by atoms with Crippen LogP contribution in [0.3, 0.4) is 0 Å². The van der Waals surface area contributed by atoms with E-state index in [0.717, 1.165) is 22.9 Å². The van der Waals surface area contributed by atoms with E-state index < -0.39 is 0 Å². The highest BCUT2D eigenvalue weighted by atomic mass is 16.2. The lowest BCUT2D eigenvalue weighted by atomic mass is 10.1. The molecule has 2 heterocycles. The van der Waals surface area contributed by atoms with E-state index in [9.17, 15) is 4.79 Å². The van der Waals surface area contributed by atoms with Gasteiger partial charge in [0.15, 0.2) is 0 Å². The van der Waals surface area contributed by atoms with Gasteiger partial charge < -0.3 is 4.98 Å². The molecule has 5 nitrogen and oxygen atoms in total. The highest BCUT2D eigenvalue weighted by Crippen LogP contribution is 2.20. The predicted octanol–water partition coefficient (Wildman–Crippen LogP) is 2.89. The summed E-state index contributed by atoms with van der Waals surface area (Å²) in [6.07, 6.45) is 7.66. The first-order valence-electron chi connectivity index (χ1n) is 7.12. The van der Waals surface area contributed by atoms with E-state index in [4.69, 9.17) is 0 Å². The van der Waals surface area contributed by atoms with Crippen molar-refractivity contribution in [1.29, 1.82) is 0 Å². The SMILES string of the molecule is CCc1cccc2c(/C=N/NC(=O)c3ccncc3)c[nH]c12. The molecule has 0 atom stereocenters. The summed E-state index contributed by atoms with van der Waals surface area (Å²) < 4.78 is 0. The van der Waals surface area contributed by atoms with Crippen LogP contribution in [0.25, 0.3) is 10.9 Å². The van der Waals surface area contributed by atoms with Gasteiger partial charge in [0.2, 0.25) is 0 Å². The van der Waals surface area contributed by atoms with Crippen LogP contribution in [0.2, 0.25) is 0 Å². The van der Waals surface area contributed by atoms with Gasteiger partial charge in [0, 0.05) is 40.6 Å². The lowest BCUT2D eigenvalue weighted by Crippen LogP contribution is -2.17. The van der Waals surface area contributed by atoms with Crippen molar-refractivity contribution in [2.45, 2.75) is 13.3 Å². The van der Waals surface area contributed by atoms with Crippen LogP contribution in [0.5, 0.6) is 0 Å². The third kappa shape index (κ3) is 2.74. The third-order valence-corrected chi connectivity index (χ3v) is 3.53. The molecule has 0 aliphatic heterocycles. The molecule has 0 radical (unpaired) electrons. The van der Waals surface area contributed by atoms with Crippen molar-refractivity contribution >= 4 is 23.0 Å². The van der Waals surface area contributed by atoms with E-state index in [-0.39, 0.29) is 5.91 Å². The number of nitrogens with zero attached hydrogens (tertiary/aromatic N) is 2. The van der Waals surface area contributed by atoms with E-state index in [1.165, 1.54) is 5.56 Å². The van der Waals surface area contributed by atoms with E-state index in [1.54, 1.807) is 30.7 Å². The van der Waals surface area contributed by atoms with Crippen molar-refractivity contribution in [3.05, 3.63) is 65.6 Å². The fourth-order valence-corrected chi connectivity index (χ4v) is 2.37. The van der Waals surface area contributed by atoms with E-state index in [2.05, 4.69) is 33.5 Å². The summed E-state index contributed by atoms with van der Waals surface area (Å²) in [5, 5.41) is 5.13. The van der Waals surface area contributed by atoms with Gasteiger partial charge in [-0.3, -0.25) is 9.78 Å². The normalized spacial score (nSPS) is 11.1. The molecule has 0 spiro atoms. The molecular formula is C17H16N4O. The Kier molecular flexibility index (Phi) is 3.96. The number of aryl methyl sites for hydroxylation is 1. The van der Waals surface area contributed by atoms with Crippen LogP contribution >= 0.6 is 0 Å². The van der Waals surface area contributed by atoms with Crippen molar-refractivity contribution < 1.29 is 4.79 Å². The molecule has 0 saturated heterocycles. The summed E-state index contributed by atoms with van der Waals surface area (Å²) in [6.45, 7) is 2.12. The number of hydrazone groups is 1. The summed E-state index contributed by atoms with van der Waals surface area (Å²) in [7, 11) is 0. The second kappa shape index (κ2) is 6.22. The molecule has 0 bridgehead atoms. The summed E-state index contributed by atoms with van der Waals surface area (Å²) in [5.74, 6) is -0.257. The molecule has 5 heteroatoms. The molecule has 0 aliphatic rings. The number of aromatic nitrogens is 2. The minimum atomic E-state index is -0.257. The summed E-state index contributed by atoms with van der Waals surface area (Å²) >= 11 is 0. The monoisotopic (exact) mass is 292 g/mol. The number of carbonyl (C=O) groups is 1. The smallest absolute Gasteiger partial charge is 0.271 e. The number of hydrogen-bond acceptors (Lipinski definition) is 3. The van der Waals surface area contributed by atoms with Crippen LogP contribution in [0.15, 0.2) is 54.0 Å². The number of hydrogen-bond donors (Lipinski definition) is 2. The zero-order valence-electron chi connectivity index (χ0n) is 12.2. The standard InChI is InChI=1S/C17H16N4O/c1-2-12-4-3-5-15-14(10-19-16(12)15)11-20-21-17(22)13-6-8-18-9-7-13/h3-11,19H,2H2,1H3,(H,21,22)/b20-11+. The highest BCUT2D eigenvalue weighted by Gasteiger charge is 2.05. The van der Waals surface area contributed by atoms with Crippen molar-refractivity contribution in [3.8, 4) is 0 Å². The zero-order valence-corrected chi connectivity index (χ0v) is 12.2. The largest absolute Gasteiger partial charge is 0.360 e. The first-order valence-corrected chi connectivity index (χ1v) is 7.12. The Morgan fingerprint density at radius 1 is 1.32 bits per heavy atom. The second-order valence-corrected chi connectivity index (χ2v) is 4.87. The fourth-order valence-electron chi connectivity index (χ4n) is 2.37. The Morgan fingerprint density at radius 3 is 2.91 bits per heavy atom. The number of nitrogens with one attached hydrogen (secondary N) is 2. The Bertz CT molecular complexity index is 821. The number of para-hydroxylation sites is 1. The maximum Gasteiger partial charge on any atom is 0.271 e. The average Bonchev–Trinajstić information content (AvgIpc) is 2.99. The molecular weight excluding hydrogens is 276 g/mol. The molecule has 0 saturated carbocycles. The molecule has 1 amide bonds. The van der Waals surface area contributed by atoms with Gasteiger partial charge in [-0.1, -0.05) is 25.1 Å². The van der Waals surface area contributed by atoms with Gasteiger partial charge in [-0.15, -0.1) is 0 Å². The third-order valence-electron chi connectivity index (χ3n) is 3.53. The van der Waals surface area contributed by atoms with Crippen molar-refractivity contribution in [3.63, 3.8) is 0 Å². The van der Waals surface area contributed by atoms with Gasteiger partial charge in [0.25, 0.3) is 5.91 Å². The lowest BCUT2D eigenvalue weighted by Gasteiger charge is -1.99. The number of fused-ring (bicyclic) bond motifs is 1. The van der Waals surface area contributed by atoms with Crippen LogP contribution in [-0.4, -0.2) is 22.1 Å². The van der Waals surface area contributed by atoms with Crippen molar-refractivity contribution in [1.82, 2.24) is 15.4 Å². The number of pyridine rings is 1. The van der Waals surface area contributed by atoms with Crippen molar-refractivity contribution in [2.75, 3.05) is 0 Å². The fraction of sp³-hybridized carbons (Fsp3) is 0.118. The maximum atomic E-state index is 11.9. The van der Waals surface area contributed by atoms with Crippen LogP contribution in [0, 0.1) is 0 Å². The van der Waals surface area contributed by atoms with Crippen LogP contribution in [-0.2, 0) is 6.42 Å². The minimum Gasteiger partial charge on any atom is -0.360 e. The highest BCUT2D eigenvalue weighted by molar-refractivity contribution is 6.01. The molecule has 0 fully saturated rings. The first-order chi connectivity index (χ1) is 10.8. The molecule has 0 unspecified atom stereocenters. The average molecular weight is 292 g/mol. The molecule has 2 aromatic heterocycles. The van der Waals surface area contributed by atoms with Crippen molar-refractivity contribution in [2.24, 2.45) is 5.10 Å². The Balaban J connectivity index is 1.78. The van der Waals surface area contributed by atoms with Gasteiger partial charge in [0.1, 0.15) is 0 Å².